The summed E-state index contributed by atoms with van der Waals surface area (Å²) in [5.74, 6) is 1.20. The first-order valence-electron chi connectivity index (χ1n) is 7.18. The van der Waals surface area contributed by atoms with Crippen molar-refractivity contribution in [3.05, 3.63) is 48.0 Å². The van der Waals surface area contributed by atoms with Crippen LogP contribution in [0.3, 0.4) is 0 Å². The second-order valence-electron chi connectivity index (χ2n) is 5.06. The Bertz CT molecular complexity index is 682. The van der Waals surface area contributed by atoms with Gasteiger partial charge in [0.15, 0.2) is 6.10 Å². The topological polar surface area (TPSA) is 67.8 Å². The molecule has 0 aliphatic carbocycles. The molecule has 1 aliphatic rings. The minimum atomic E-state index is -0.618. The highest BCUT2D eigenvalue weighted by atomic mass is 16.5. The molecule has 0 radical (unpaired) electrons. The summed E-state index contributed by atoms with van der Waals surface area (Å²) in [6.07, 6.45) is -0.167. The molecule has 2 aromatic rings. The predicted octanol–water partition coefficient (Wildman–Crippen LogP) is 2.73. The normalized spacial score (nSPS) is 16.4. The van der Waals surface area contributed by atoms with E-state index in [0.717, 1.165) is 11.3 Å². The lowest BCUT2D eigenvalue weighted by atomic mass is 10.1. The second-order valence-corrected chi connectivity index (χ2v) is 5.06. The molecule has 1 atom stereocenters. The van der Waals surface area contributed by atoms with Crippen LogP contribution in [-0.2, 0) is 11.2 Å². The maximum Gasteiger partial charge on any atom is 0.265 e. The number of amides is 1. The minimum absolute atomic E-state index is 0.106. The van der Waals surface area contributed by atoms with E-state index < -0.39 is 6.10 Å². The SMILES string of the molecule is CCOc1ccc(CC2Oc3cc(O)ccc3NC2=O)cc1. The third-order valence-electron chi connectivity index (χ3n) is 3.44. The first-order valence-corrected chi connectivity index (χ1v) is 7.18. The van der Waals surface area contributed by atoms with Gasteiger partial charge in [-0.25, -0.2) is 0 Å². The molecule has 114 valence electrons. The van der Waals surface area contributed by atoms with Crippen molar-refractivity contribution in [2.75, 3.05) is 11.9 Å². The number of carbonyl (C=O) groups excluding carboxylic acids is 1. The summed E-state index contributed by atoms with van der Waals surface area (Å²) in [4.78, 5) is 12.1. The smallest absolute Gasteiger partial charge is 0.265 e. The summed E-state index contributed by atoms with van der Waals surface area (Å²) in [6.45, 7) is 2.55. The third-order valence-corrected chi connectivity index (χ3v) is 3.44. The van der Waals surface area contributed by atoms with Crippen LogP contribution in [0.4, 0.5) is 5.69 Å². The van der Waals surface area contributed by atoms with Crippen LogP contribution in [0.2, 0.25) is 0 Å². The summed E-state index contributed by atoms with van der Waals surface area (Å²) >= 11 is 0. The van der Waals surface area contributed by atoms with Gasteiger partial charge in [-0.2, -0.15) is 0 Å². The number of rotatable bonds is 4. The van der Waals surface area contributed by atoms with Crippen LogP contribution in [0, 0.1) is 0 Å². The van der Waals surface area contributed by atoms with Gasteiger partial charge in [0.05, 0.1) is 12.3 Å². The highest BCUT2D eigenvalue weighted by Crippen LogP contribution is 2.33. The van der Waals surface area contributed by atoms with E-state index in [1.54, 1.807) is 6.07 Å². The number of benzene rings is 2. The summed E-state index contributed by atoms with van der Waals surface area (Å²) < 4.78 is 11.1. The molecule has 22 heavy (non-hydrogen) atoms. The standard InChI is InChI=1S/C17H17NO4/c1-2-21-13-6-3-11(4-7-13)9-16-17(20)18-14-8-5-12(19)10-15(14)22-16/h3-8,10,16,19H,2,9H2,1H3,(H,18,20). The predicted molar refractivity (Wildman–Crippen MR) is 82.5 cm³/mol. The van der Waals surface area contributed by atoms with Gasteiger partial charge < -0.3 is 19.9 Å². The molecular formula is C17H17NO4. The molecule has 0 saturated carbocycles. The maximum absolute atomic E-state index is 12.1. The van der Waals surface area contributed by atoms with E-state index in [-0.39, 0.29) is 11.7 Å². The molecule has 0 aromatic heterocycles. The van der Waals surface area contributed by atoms with Gasteiger partial charge in [-0.05, 0) is 36.8 Å². The van der Waals surface area contributed by atoms with E-state index in [1.807, 2.05) is 31.2 Å². The first kappa shape index (κ1) is 14.3. The van der Waals surface area contributed by atoms with Gasteiger partial charge in [0.25, 0.3) is 5.91 Å². The van der Waals surface area contributed by atoms with Crippen LogP contribution in [0.1, 0.15) is 12.5 Å². The Morgan fingerprint density at radius 1 is 1.23 bits per heavy atom. The number of phenols is 1. The van der Waals surface area contributed by atoms with Crippen LogP contribution >= 0.6 is 0 Å². The third kappa shape index (κ3) is 2.98. The molecule has 1 heterocycles. The number of hydrogen-bond acceptors (Lipinski definition) is 4. The van der Waals surface area contributed by atoms with Crippen molar-refractivity contribution in [2.45, 2.75) is 19.4 Å². The van der Waals surface area contributed by atoms with Crippen molar-refractivity contribution in [3.8, 4) is 17.2 Å². The van der Waals surface area contributed by atoms with Crippen LogP contribution in [0.5, 0.6) is 17.2 Å². The number of fused-ring (bicyclic) bond motifs is 1. The van der Waals surface area contributed by atoms with Gasteiger partial charge in [-0.15, -0.1) is 0 Å². The molecular weight excluding hydrogens is 282 g/mol. The quantitative estimate of drug-likeness (QED) is 0.852. The number of ether oxygens (including phenoxy) is 2. The maximum atomic E-state index is 12.1. The van der Waals surface area contributed by atoms with Crippen molar-refractivity contribution < 1.29 is 19.4 Å². The summed E-state index contributed by atoms with van der Waals surface area (Å²) in [5, 5.41) is 12.3. The Balaban J connectivity index is 1.74. The highest BCUT2D eigenvalue weighted by molar-refractivity contribution is 5.98. The summed E-state index contributed by atoms with van der Waals surface area (Å²) in [6, 6.07) is 12.2. The van der Waals surface area contributed by atoms with Crippen molar-refractivity contribution >= 4 is 11.6 Å². The Labute approximate surface area is 128 Å². The van der Waals surface area contributed by atoms with Gasteiger partial charge >= 0.3 is 0 Å². The summed E-state index contributed by atoms with van der Waals surface area (Å²) in [5.41, 5.74) is 1.55. The van der Waals surface area contributed by atoms with Crippen molar-refractivity contribution in [2.24, 2.45) is 0 Å². The van der Waals surface area contributed by atoms with E-state index in [4.69, 9.17) is 9.47 Å². The molecule has 2 N–H and O–H groups in total. The van der Waals surface area contributed by atoms with Gasteiger partial charge in [0, 0.05) is 12.5 Å². The van der Waals surface area contributed by atoms with Crippen molar-refractivity contribution in [1.82, 2.24) is 0 Å². The zero-order valence-corrected chi connectivity index (χ0v) is 12.2. The molecule has 0 fully saturated rings. The van der Waals surface area contributed by atoms with E-state index >= 15 is 0 Å². The summed E-state index contributed by atoms with van der Waals surface area (Å²) in [7, 11) is 0. The highest BCUT2D eigenvalue weighted by Gasteiger charge is 2.27. The lowest BCUT2D eigenvalue weighted by molar-refractivity contribution is -0.123. The number of aromatic hydroxyl groups is 1. The number of nitrogens with one attached hydrogen (secondary N) is 1. The fourth-order valence-corrected chi connectivity index (χ4v) is 2.37. The Morgan fingerprint density at radius 2 is 2.00 bits per heavy atom. The molecule has 1 amide bonds. The zero-order chi connectivity index (χ0) is 15.5. The van der Waals surface area contributed by atoms with Crippen LogP contribution in [-0.4, -0.2) is 23.7 Å². The van der Waals surface area contributed by atoms with Crippen LogP contribution in [0.15, 0.2) is 42.5 Å². The monoisotopic (exact) mass is 299 g/mol. The molecule has 1 unspecified atom stereocenters. The van der Waals surface area contributed by atoms with Gasteiger partial charge in [-0.3, -0.25) is 4.79 Å². The largest absolute Gasteiger partial charge is 0.508 e. The van der Waals surface area contributed by atoms with Gasteiger partial charge in [-0.1, -0.05) is 12.1 Å². The average Bonchev–Trinajstić information content (AvgIpc) is 2.51. The average molecular weight is 299 g/mol. The fourth-order valence-electron chi connectivity index (χ4n) is 2.37. The number of hydrogen-bond donors (Lipinski definition) is 2. The van der Waals surface area contributed by atoms with E-state index in [0.29, 0.717) is 24.5 Å². The van der Waals surface area contributed by atoms with E-state index in [2.05, 4.69) is 5.32 Å². The van der Waals surface area contributed by atoms with E-state index in [9.17, 15) is 9.90 Å². The van der Waals surface area contributed by atoms with Crippen LogP contribution in [0.25, 0.3) is 0 Å². The van der Waals surface area contributed by atoms with E-state index in [1.165, 1.54) is 12.1 Å². The number of carbonyl (C=O) groups is 1. The Kier molecular flexibility index (Phi) is 3.87. The molecule has 2 aromatic carbocycles. The molecule has 5 heteroatoms. The zero-order valence-electron chi connectivity index (χ0n) is 12.2. The lowest BCUT2D eigenvalue weighted by Gasteiger charge is -2.26. The van der Waals surface area contributed by atoms with Gasteiger partial charge in [0.1, 0.15) is 17.2 Å². The second kappa shape index (κ2) is 5.97. The minimum Gasteiger partial charge on any atom is -0.508 e. The molecule has 0 spiro atoms. The number of phenolic OH excluding ortho intramolecular Hbond substituents is 1. The Hall–Kier alpha value is -2.69. The Morgan fingerprint density at radius 3 is 2.73 bits per heavy atom. The molecule has 0 bridgehead atoms. The first-order chi connectivity index (χ1) is 10.7. The van der Waals surface area contributed by atoms with Crippen molar-refractivity contribution in [1.29, 1.82) is 0 Å². The van der Waals surface area contributed by atoms with Gasteiger partial charge in [0.2, 0.25) is 0 Å². The molecule has 3 rings (SSSR count). The molecule has 0 saturated heterocycles. The fraction of sp³-hybridized carbons (Fsp3) is 0.235. The lowest BCUT2D eigenvalue weighted by Crippen LogP contribution is -2.38. The van der Waals surface area contributed by atoms with Crippen molar-refractivity contribution in [3.63, 3.8) is 0 Å². The van der Waals surface area contributed by atoms with Crippen LogP contribution < -0.4 is 14.8 Å². The molecule has 1 aliphatic heterocycles. The molecule has 5 nitrogen and oxygen atoms in total. The number of anilines is 1.